The van der Waals surface area contributed by atoms with Crippen molar-refractivity contribution in [2.75, 3.05) is 0 Å². The number of hydrogen-bond acceptors (Lipinski definition) is 3. The third-order valence-electron chi connectivity index (χ3n) is 2.71. The largest absolute Gasteiger partial charge is 0.427 e. The Morgan fingerprint density at radius 2 is 2.00 bits per heavy atom. The molecule has 0 saturated heterocycles. The van der Waals surface area contributed by atoms with Crippen LogP contribution in [0.3, 0.4) is 0 Å². The zero-order valence-corrected chi connectivity index (χ0v) is 10.9. The Morgan fingerprint density at radius 1 is 1.22 bits per heavy atom. The number of unbranched alkanes of at least 4 members (excludes halogenated alkanes) is 4. The van der Waals surface area contributed by atoms with Crippen LogP contribution in [0.5, 0.6) is 5.75 Å². The molecule has 0 fully saturated rings. The smallest absolute Gasteiger partial charge is 0.311 e. The van der Waals surface area contributed by atoms with Gasteiger partial charge >= 0.3 is 5.97 Å². The number of rotatable bonds is 8. The van der Waals surface area contributed by atoms with Gasteiger partial charge in [-0.1, -0.05) is 44.7 Å². The molecule has 0 saturated carbocycles. The molecule has 3 nitrogen and oxygen atoms in total. The summed E-state index contributed by atoms with van der Waals surface area (Å²) in [6.45, 7) is 2.16. The van der Waals surface area contributed by atoms with E-state index in [1.165, 1.54) is 19.3 Å². The number of benzene rings is 1. The Hall–Kier alpha value is -1.64. The molecule has 98 valence electrons. The summed E-state index contributed by atoms with van der Waals surface area (Å²) >= 11 is 0. The first-order chi connectivity index (χ1) is 8.76. The normalized spacial score (nSPS) is 10.1. The molecule has 1 aromatic carbocycles. The van der Waals surface area contributed by atoms with E-state index in [0.717, 1.165) is 19.1 Å². The number of carbonyl (C=O) groups is 2. The SMILES string of the molecule is CCCCCCCC(=O)Oc1cccc(C=O)c1. The van der Waals surface area contributed by atoms with Crippen LogP contribution in [0.2, 0.25) is 0 Å². The lowest BCUT2D eigenvalue weighted by atomic mass is 10.1. The lowest BCUT2D eigenvalue weighted by Crippen LogP contribution is -2.07. The van der Waals surface area contributed by atoms with Gasteiger partial charge in [0.15, 0.2) is 0 Å². The van der Waals surface area contributed by atoms with E-state index < -0.39 is 0 Å². The fourth-order valence-corrected chi connectivity index (χ4v) is 1.71. The highest BCUT2D eigenvalue weighted by atomic mass is 16.5. The van der Waals surface area contributed by atoms with Crippen molar-refractivity contribution in [3.8, 4) is 5.75 Å². The van der Waals surface area contributed by atoms with Crippen molar-refractivity contribution in [3.63, 3.8) is 0 Å². The van der Waals surface area contributed by atoms with Gasteiger partial charge in [0.2, 0.25) is 0 Å². The molecule has 0 radical (unpaired) electrons. The van der Waals surface area contributed by atoms with Gasteiger partial charge in [0.1, 0.15) is 12.0 Å². The monoisotopic (exact) mass is 248 g/mol. The molecule has 3 heteroatoms. The Balaban J connectivity index is 2.28. The van der Waals surface area contributed by atoms with E-state index >= 15 is 0 Å². The van der Waals surface area contributed by atoms with Gasteiger partial charge in [-0.2, -0.15) is 0 Å². The van der Waals surface area contributed by atoms with Gasteiger partial charge in [-0.3, -0.25) is 9.59 Å². The van der Waals surface area contributed by atoms with Gasteiger partial charge in [-0.05, 0) is 18.6 Å². The van der Waals surface area contributed by atoms with Crippen LogP contribution in [0.15, 0.2) is 24.3 Å². The summed E-state index contributed by atoms with van der Waals surface area (Å²) in [6.07, 6.45) is 6.70. The predicted octanol–water partition coefficient (Wildman–Crippen LogP) is 3.77. The summed E-state index contributed by atoms with van der Waals surface area (Å²) < 4.78 is 5.17. The summed E-state index contributed by atoms with van der Waals surface area (Å²) in [4.78, 5) is 22.1. The zero-order valence-electron chi connectivity index (χ0n) is 10.9. The van der Waals surface area contributed by atoms with Crippen molar-refractivity contribution < 1.29 is 14.3 Å². The van der Waals surface area contributed by atoms with E-state index in [1.807, 2.05) is 0 Å². The van der Waals surface area contributed by atoms with Crippen molar-refractivity contribution in [2.24, 2.45) is 0 Å². The summed E-state index contributed by atoms with van der Waals surface area (Å²) in [6, 6.07) is 6.63. The standard InChI is InChI=1S/C15H20O3/c1-2-3-4-5-6-10-15(17)18-14-9-7-8-13(11-14)12-16/h7-9,11-12H,2-6,10H2,1H3. The van der Waals surface area contributed by atoms with Crippen molar-refractivity contribution >= 4 is 12.3 Å². The fourth-order valence-electron chi connectivity index (χ4n) is 1.71. The number of esters is 1. The van der Waals surface area contributed by atoms with Gasteiger partial charge in [0.25, 0.3) is 0 Å². The average Bonchev–Trinajstić information content (AvgIpc) is 2.38. The molecule has 0 spiro atoms. The molecule has 0 unspecified atom stereocenters. The van der Waals surface area contributed by atoms with E-state index in [1.54, 1.807) is 24.3 Å². The molecule has 0 aliphatic carbocycles. The minimum atomic E-state index is -0.227. The average molecular weight is 248 g/mol. The van der Waals surface area contributed by atoms with Crippen molar-refractivity contribution in [2.45, 2.75) is 45.4 Å². The first-order valence-electron chi connectivity index (χ1n) is 6.52. The Bertz CT molecular complexity index is 385. The molecule has 0 N–H and O–H groups in total. The van der Waals surface area contributed by atoms with E-state index in [4.69, 9.17) is 4.74 Å². The maximum Gasteiger partial charge on any atom is 0.311 e. The molecular weight excluding hydrogens is 228 g/mol. The summed E-state index contributed by atoms with van der Waals surface area (Å²) in [5.41, 5.74) is 0.517. The maximum atomic E-state index is 11.5. The molecule has 1 aromatic rings. The van der Waals surface area contributed by atoms with Gasteiger partial charge in [0, 0.05) is 12.0 Å². The van der Waals surface area contributed by atoms with E-state index in [9.17, 15) is 9.59 Å². The number of carbonyl (C=O) groups excluding carboxylic acids is 2. The second-order valence-electron chi connectivity index (χ2n) is 4.33. The Labute approximate surface area is 108 Å². The number of aldehydes is 1. The maximum absolute atomic E-state index is 11.5. The zero-order chi connectivity index (χ0) is 13.2. The second kappa shape index (κ2) is 8.45. The van der Waals surface area contributed by atoms with Crippen LogP contribution in [0.1, 0.15) is 55.8 Å². The fraction of sp³-hybridized carbons (Fsp3) is 0.467. The molecule has 0 amide bonds. The van der Waals surface area contributed by atoms with E-state index in [0.29, 0.717) is 17.7 Å². The van der Waals surface area contributed by atoms with Gasteiger partial charge in [0.05, 0.1) is 0 Å². The third-order valence-corrected chi connectivity index (χ3v) is 2.71. The molecule has 1 rings (SSSR count). The van der Waals surface area contributed by atoms with Crippen LogP contribution in [-0.2, 0) is 4.79 Å². The van der Waals surface area contributed by atoms with E-state index in [2.05, 4.69) is 6.92 Å². The Morgan fingerprint density at radius 3 is 2.72 bits per heavy atom. The van der Waals surface area contributed by atoms with E-state index in [-0.39, 0.29) is 5.97 Å². The molecule has 0 aliphatic rings. The molecule has 18 heavy (non-hydrogen) atoms. The summed E-state index contributed by atoms with van der Waals surface area (Å²) in [5, 5.41) is 0. The van der Waals surface area contributed by atoms with Crippen LogP contribution in [-0.4, -0.2) is 12.3 Å². The van der Waals surface area contributed by atoms with Gasteiger partial charge in [-0.25, -0.2) is 0 Å². The topological polar surface area (TPSA) is 43.4 Å². The molecule has 0 heterocycles. The molecule has 0 aliphatic heterocycles. The van der Waals surface area contributed by atoms with Crippen LogP contribution >= 0.6 is 0 Å². The van der Waals surface area contributed by atoms with Crippen LogP contribution in [0.4, 0.5) is 0 Å². The highest BCUT2D eigenvalue weighted by Gasteiger charge is 2.05. The predicted molar refractivity (Wildman–Crippen MR) is 70.8 cm³/mol. The van der Waals surface area contributed by atoms with Crippen LogP contribution < -0.4 is 4.74 Å². The first-order valence-corrected chi connectivity index (χ1v) is 6.52. The molecular formula is C15H20O3. The highest BCUT2D eigenvalue weighted by molar-refractivity contribution is 5.77. The van der Waals surface area contributed by atoms with Crippen molar-refractivity contribution in [1.29, 1.82) is 0 Å². The van der Waals surface area contributed by atoms with Crippen molar-refractivity contribution in [3.05, 3.63) is 29.8 Å². The second-order valence-corrected chi connectivity index (χ2v) is 4.33. The lowest BCUT2D eigenvalue weighted by Gasteiger charge is -2.04. The highest BCUT2D eigenvalue weighted by Crippen LogP contribution is 2.13. The van der Waals surface area contributed by atoms with Crippen molar-refractivity contribution in [1.82, 2.24) is 0 Å². The summed E-state index contributed by atoms with van der Waals surface area (Å²) in [7, 11) is 0. The van der Waals surface area contributed by atoms with Gasteiger partial charge < -0.3 is 4.74 Å². The quantitative estimate of drug-likeness (QED) is 0.304. The summed E-state index contributed by atoms with van der Waals surface area (Å²) in [5.74, 6) is 0.215. The lowest BCUT2D eigenvalue weighted by molar-refractivity contribution is -0.134. The molecule has 0 atom stereocenters. The number of ether oxygens (including phenoxy) is 1. The third kappa shape index (κ3) is 5.62. The van der Waals surface area contributed by atoms with Crippen LogP contribution in [0.25, 0.3) is 0 Å². The first kappa shape index (κ1) is 14.4. The van der Waals surface area contributed by atoms with Gasteiger partial charge in [-0.15, -0.1) is 0 Å². The minimum absolute atomic E-state index is 0.227. The molecule has 0 aromatic heterocycles. The van der Waals surface area contributed by atoms with Crippen LogP contribution in [0, 0.1) is 0 Å². The Kier molecular flexibility index (Phi) is 6.77. The molecule has 0 bridgehead atoms. The number of hydrogen-bond donors (Lipinski definition) is 0. The minimum Gasteiger partial charge on any atom is -0.427 e.